The molecule has 3 amide bonds. The van der Waals surface area contributed by atoms with E-state index in [1.54, 1.807) is 6.20 Å². The van der Waals surface area contributed by atoms with Crippen molar-refractivity contribution in [1.82, 2.24) is 15.6 Å². The molecular formula is C25H22N4O3. The predicted octanol–water partition coefficient (Wildman–Crippen LogP) is 2.88. The number of rotatable bonds is 5. The van der Waals surface area contributed by atoms with Crippen molar-refractivity contribution in [2.24, 2.45) is 0 Å². The number of allylic oxidation sites excluding steroid dienone is 3. The zero-order valence-corrected chi connectivity index (χ0v) is 17.4. The van der Waals surface area contributed by atoms with Gasteiger partial charge in [-0.15, -0.1) is 0 Å². The van der Waals surface area contributed by atoms with E-state index in [1.165, 1.54) is 5.56 Å². The Morgan fingerprint density at radius 3 is 2.94 bits per heavy atom. The first-order valence-electron chi connectivity index (χ1n) is 10.6. The molecule has 0 saturated carbocycles. The van der Waals surface area contributed by atoms with Gasteiger partial charge in [-0.05, 0) is 71.4 Å². The predicted molar refractivity (Wildman–Crippen MR) is 120 cm³/mol. The van der Waals surface area contributed by atoms with Crippen LogP contribution in [0.3, 0.4) is 0 Å². The summed E-state index contributed by atoms with van der Waals surface area (Å²) in [6.07, 6.45) is 10.6. The lowest BCUT2D eigenvalue weighted by Gasteiger charge is -2.13. The lowest BCUT2D eigenvalue weighted by Crippen LogP contribution is -2.22. The van der Waals surface area contributed by atoms with E-state index >= 15 is 0 Å². The maximum Gasteiger partial charge on any atom is 0.255 e. The fourth-order valence-corrected chi connectivity index (χ4v) is 4.62. The third-order valence-electron chi connectivity index (χ3n) is 6.11. The van der Waals surface area contributed by atoms with Crippen LogP contribution in [0.2, 0.25) is 0 Å². The van der Waals surface area contributed by atoms with Crippen LogP contribution >= 0.6 is 0 Å². The van der Waals surface area contributed by atoms with Gasteiger partial charge in [0.05, 0.1) is 6.42 Å². The van der Waals surface area contributed by atoms with Gasteiger partial charge < -0.3 is 16.0 Å². The first-order valence-corrected chi connectivity index (χ1v) is 10.6. The number of hydrogen-bond donors (Lipinski definition) is 3. The molecule has 0 fully saturated rings. The minimum atomic E-state index is -0.182. The average molecular weight is 426 g/mol. The van der Waals surface area contributed by atoms with Crippen LogP contribution in [0.4, 0.5) is 5.82 Å². The molecule has 3 N–H and O–H groups in total. The summed E-state index contributed by atoms with van der Waals surface area (Å²) in [5, 5.41) is 8.51. The molecule has 0 spiro atoms. The second-order valence-corrected chi connectivity index (χ2v) is 8.18. The number of fused-ring (bicyclic) bond motifs is 1. The number of amides is 3. The molecule has 1 atom stereocenters. The van der Waals surface area contributed by atoms with Gasteiger partial charge >= 0.3 is 0 Å². The molecule has 2 heterocycles. The van der Waals surface area contributed by atoms with Crippen LogP contribution < -0.4 is 16.0 Å². The van der Waals surface area contributed by atoms with Crippen molar-refractivity contribution in [1.29, 1.82) is 0 Å². The quantitative estimate of drug-likeness (QED) is 0.640. The number of anilines is 1. The molecule has 7 nitrogen and oxygen atoms in total. The first-order chi connectivity index (χ1) is 15.6. The summed E-state index contributed by atoms with van der Waals surface area (Å²) in [5.74, 6) is 0.585. The molecule has 0 saturated heterocycles. The molecule has 1 aromatic carbocycles. The Balaban J connectivity index is 1.33. The fraction of sp³-hybridized carbons (Fsp3) is 0.200. The maximum absolute atomic E-state index is 12.9. The SMILES string of the molecule is O=CNc1ncccc1C1Cc2ccc(C(=O)NC3=CC4=C(CC=C3)NC(=O)C4)cc2C1. The summed E-state index contributed by atoms with van der Waals surface area (Å²) in [6, 6.07) is 9.65. The molecule has 7 heteroatoms. The molecule has 3 aliphatic rings. The van der Waals surface area contributed by atoms with Crippen LogP contribution in [0.1, 0.15) is 45.8 Å². The molecule has 1 aromatic heterocycles. The van der Waals surface area contributed by atoms with E-state index in [9.17, 15) is 14.4 Å². The molecule has 0 bridgehead atoms. The molecule has 2 aromatic rings. The monoisotopic (exact) mass is 426 g/mol. The third kappa shape index (κ3) is 3.85. The van der Waals surface area contributed by atoms with Crippen LogP contribution in [0.25, 0.3) is 0 Å². The first kappa shape index (κ1) is 19.9. The van der Waals surface area contributed by atoms with E-state index in [0.29, 0.717) is 36.3 Å². The number of hydrogen-bond acceptors (Lipinski definition) is 4. The van der Waals surface area contributed by atoms with Crippen molar-refractivity contribution < 1.29 is 14.4 Å². The number of carbonyl (C=O) groups excluding carboxylic acids is 3. The summed E-state index contributed by atoms with van der Waals surface area (Å²) in [4.78, 5) is 39.8. The van der Waals surface area contributed by atoms with Gasteiger partial charge in [-0.2, -0.15) is 0 Å². The van der Waals surface area contributed by atoms with Gasteiger partial charge in [-0.25, -0.2) is 4.98 Å². The molecule has 2 aliphatic carbocycles. The second-order valence-electron chi connectivity index (χ2n) is 8.18. The number of benzene rings is 1. The van der Waals surface area contributed by atoms with Crippen molar-refractivity contribution in [3.63, 3.8) is 0 Å². The Morgan fingerprint density at radius 1 is 1.19 bits per heavy atom. The van der Waals surface area contributed by atoms with Crippen molar-refractivity contribution in [2.45, 2.75) is 31.6 Å². The highest BCUT2D eigenvalue weighted by Crippen LogP contribution is 2.36. The fourth-order valence-electron chi connectivity index (χ4n) is 4.62. The van der Waals surface area contributed by atoms with Crippen molar-refractivity contribution in [2.75, 3.05) is 5.32 Å². The minimum absolute atomic E-state index is 0.0134. The van der Waals surface area contributed by atoms with Gasteiger partial charge in [0.1, 0.15) is 5.82 Å². The number of carbonyl (C=O) groups is 3. The van der Waals surface area contributed by atoms with Gasteiger partial charge in [-0.1, -0.05) is 18.2 Å². The van der Waals surface area contributed by atoms with E-state index in [4.69, 9.17) is 0 Å². The lowest BCUT2D eigenvalue weighted by atomic mass is 9.97. The van der Waals surface area contributed by atoms with Crippen molar-refractivity contribution >= 4 is 24.0 Å². The van der Waals surface area contributed by atoms with Crippen molar-refractivity contribution in [3.8, 4) is 0 Å². The van der Waals surface area contributed by atoms with Gasteiger partial charge in [0.2, 0.25) is 12.3 Å². The molecular weight excluding hydrogens is 404 g/mol. The molecule has 1 unspecified atom stereocenters. The van der Waals surface area contributed by atoms with Gasteiger partial charge in [0.15, 0.2) is 0 Å². The topological polar surface area (TPSA) is 100 Å². The van der Waals surface area contributed by atoms with Crippen molar-refractivity contribution in [3.05, 3.63) is 94.0 Å². The normalized spacial score (nSPS) is 18.9. The van der Waals surface area contributed by atoms with Crippen LogP contribution in [-0.2, 0) is 22.4 Å². The van der Waals surface area contributed by atoms with Crippen LogP contribution in [-0.4, -0.2) is 23.2 Å². The highest BCUT2D eigenvalue weighted by Gasteiger charge is 2.26. The Bertz CT molecular complexity index is 1230. The summed E-state index contributed by atoms with van der Waals surface area (Å²) in [6.45, 7) is 0. The zero-order chi connectivity index (χ0) is 22.1. The Hall–Kier alpha value is -4.00. The molecule has 1 aliphatic heterocycles. The van der Waals surface area contributed by atoms with Crippen LogP contribution in [0.5, 0.6) is 0 Å². The zero-order valence-electron chi connectivity index (χ0n) is 17.4. The maximum atomic E-state index is 12.9. The Morgan fingerprint density at radius 2 is 2.06 bits per heavy atom. The molecule has 5 rings (SSSR count). The molecule has 0 radical (unpaired) electrons. The van der Waals surface area contributed by atoms with Crippen LogP contribution in [0.15, 0.2) is 71.7 Å². The largest absolute Gasteiger partial charge is 0.329 e. The van der Waals surface area contributed by atoms with E-state index < -0.39 is 0 Å². The summed E-state index contributed by atoms with van der Waals surface area (Å²) in [5.41, 5.74) is 6.42. The minimum Gasteiger partial charge on any atom is -0.329 e. The highest BCUT2D eigenvalue weighted by atomic mass is 16.2. The summed E-state index contributed by atoms with van der Waals surface area (Å²) in [7, 11) is 0. The lowest BCUT2D eigenvalue weighted by molar-refractivity contribution is -0.118. The smallest absolute Gasteiger partial charge is 0.255 e. The van der Waals surface area contributed by atoms with E-state index in [1.807, 2.05) is 48.6 Å². The number of nitrogens with zero attached hydrogens (tertiary/aromatic N) is 1. The summed E-state index contributed by atoms with van der Waals surface area (Å²) >= 11 is 0. The average Bonchev–Trinajstić information content (AvgIpc) is 3.31. The Kier molecular flexibility index (Phi) is 5.15. The number of nitrogens with one attached hydrogen (secondary N) is 3. The highest BCUT2D eigenvalue weighted by molar-refractivity contribution is 5.96. The standard InChI is InChI=1S/C25H22N4O3/c30-14-27-24-21(4-2-8-26-24)18-9-15-6-7-16(10-17(15)11-18)25(32)28-20-3-1-5-22-19(12-20)13-23(31)29-22/h1-4,6-8,10,12,14,18H,5,9,11,13H2,(H,28,32)(H,29,31)(H,26,27,30). The van der Waals surface area contributed by atoms with Gasteiger partial charge in [-0.3, -0.25) is 14.4 Å². The summed E-state index contributed by atoms with van der Waals surface area (Å²) < 4.78 is 0. The number of aromatic nitrogens is 1. The molecule has 160 valence electrons. The van der Waals surface area contributed by atoms with E-state index in [-0.39, 0.29) is 17.7 Å². The Labute approximate surface area is 185 Å². The van der Waals surface area contributed by atoms with E-state index in [2.05, 4.69) is 20.9 Å². The third-order valence-corrected chi connectivity index (χ3v) is 6.11. The van der Waals surface area contributed by atoms with Gasteiger partial charge in [0, 0.05) is 29.6 Å². The van der Waals surface area contributed by atoms with Gasteiger partial charge in [0.25, 0.3) is 5.91 Å². The van der Waals surface area contributed by atoms with E-state index in [0.717, 1.165) is 35.2 Å². The van der Waals surface area contributed by atoms with Crippen LogP contribution in [0, 0.1) is 0 Å². The second kappa shape index (κ2) is 8.26. The number of pyridine rings is 1. The molecule has 32 heavy (non-hydrogen) atoms.